The average molecular weight is 271 g/mol. The first-order valence-corrected chi connectivity index (χ1v) is 8.04. The first-order valence-electron chi connectivity index (χ1n) is 8.04. The number of nitrogens with one attached hydrogen (secondary N) is 1. The molecule has 4 aliphatic rings. The summed E-state index contributed by atoms with van der Waals surface area (Å²) >= 11 is 0. The van der Waals surface area contributed by atoms with Gasteiger partial charge < -0.3 is 14.8 Å². The van der Waals surface area contributed by atoms with Crippen LogP contribution >= 0.6 is 0 Å². The van der Waals surface area contributed by atoms with Gasteiger partial charge in [-0.1, -0.05) is 18.9 Å². The number of ether oxygens (including phenoxy) is 2. The molecular weight excluding hydrogens is 250 g/mol. The average Bonchev–Trinajstić information content (AvgIpc) is 2.94. The molecule has 3 heteroatoms. The molecule has 20 heavy (non-hydrogen) atoms. The molecule has 1 aromatic carbocycles. The van der Waals surface area contributed by atoms with E-state index < -0.39 is 0 Å². The Kier molecular flexibility index (Phi) is 2.24. The zero-order valence-corrected chi connectivity index (χ0v) is 11.8. The van der Waals surface area contributed by atoms with Crippen molar-refractivity contribution in [3.05, 3.63) is 23.3 Å². The van der Waals surface area contributed by atoms with Gasteiger partial charge in [0.1, 0.15) is 0 Å². The van der Waals surface area contributed by atoms with Crippen molar-refractivity contribution in [1.82, 2.24) is 5.32 Å². The molecule has 2 heterocycles. The topological polar surface area (TPSA) is 30.5 Å². The molecule has 5 rings (SSSR count). The van der Waals surface area contributed by atoms with Gasteiger partial charge in [0.25, 0.3) is 0 Å². The van der Waals surface area contributed by atoms with Crippen molar-refractivity contribution in [3.63, 3.8) is 0 Å². The molecule has 3 atom stereocenters. The van der Waals surface area contributed by atoms with Crippen LogP contribution in [-0.4, -0.2) is 19.4 Å². The lowest BCUT2D eigenvalue weighted by Gasteiger charge is -2.55. The van der Waals surface area contributed by atoms with Crippen molar-refractivity contribution in [2.24, 2.45) is 5.92 Å². The SMILES string of the molecule is c1cc2c(c3c1C[C@H]1NCC[C@@]34CCCC[C@@H]14)OCO2. The van der Waals surface area contributed by atoms with E-state index in [0.29, 0.717) is 18.2 Å². The first-order chi connectivity index (χ1) is 9.88. The largest absolute Gasteiger partial charge is 0.454 e. The Balaban J connectivity index is 1.77. The quantitative estimate of drug-likeness (QED) is 0.787. The molecular formula is C17H21NO2. The van der Waals surface area contributed by atoms with Gasteiger partial charge in [0.2, 0.25) is 6.79 Å². The lowest BCUT2D eigenvalue weighted by atomic mass is 9.52. The van der Waals surface area contributed by atoms with Gasteiger partial charge in [0, 0.05) is 17.0 Å². The second-order valence-electron chi connectivity index (χ2n) is 6.86. The van der Waals surface area contributed by atoms with Crippen LogP contribution in [0.3, 0.4) is 0 Å². The Morgan fingerprint density at radius 3 is 3.15 bits per heavy atom. The summed E-state index contributed by atoms with van der Waals surface area (Å²) < 4.78 is 11.5. The highest BCUT2D eigenvalue weighted by molar-refractivity contribution is 5.58. The molecule has 1 saturated heterocycles. The fourth-order valence-electron chi connectivity index (χ4n) is 5.40. The van der Waals surface area contributed by atoms with Gasteiger partial charge in [-0.25, -0.2) is 0 Å². The number of fused-ring (bicyclic) bond motifs is 3. The second-order valence-corrected chi connectivity index (χ2v) is 6.86. The van der Waals surface area contributed by atoms with Crippen molar-refractivity contribution in [2.75, 3.05) is 13.3 Å². The highest BCUT2D eigenvalue weighted by atomic mass is 16.7. The molecule has 0 spiro atoms. The maximum absolute atomic E-state index is 5.89. The summed E-state index contributed by atoms with van der Waals surface area (Å²) in [4.78, 5) is 0. The Morgan fingerprint density at radius 2 is 2.15 bits per heavy atom. The number of rotatable bonds is 0. The summed E-state index contributed by atoms with van der Waals surface area (Å²) in [5, 5.41) is 3.78. The third kappa shape index (κ3) is 1.30. The van der Waals surface area contributed by atoms with Crippen molar-refractivity contribution in [3.8, 4) is 11.5 Å². The molecule has 0 aromatic heterocycles. The van der Waals surface area contributed by atoms with Crippen LogP contribution in [0.5, 0.6) is 11.5 Å². The highest BCUT2D eigenvalue weighted by Crippen LogP contribution is 2.58. The van der Waals surface area contributed by atoms with Gasteiger partial charge in [-0.2, -0.15) is 0 Å². The standard InChI is InChI=1S/C17H21NO2/c1-2-6-17-7-8-18-13(12(17)3-1)9-11-4-5-14-16(15(11)17)20-10-19-14/h4-5,12-13,18H,1-3,6-10H2/t12-,13+,17+/m0/s1. The van der Waals surface area contributed by atoms with Crippen LogP contribution in [-0.2, 0) is 11.8 Å². The van der Waals surface area contributed by atoms with Crippen LogP contribution in [0, 0.1) is 5.92 Å². The molecule has 3 nitrogen and oxygen atoms in total. The van der Waals surface area contributed by atoms with Crippen LogP contribution in [0.2, 0.25) is 0 Å². The Labute approximate surface area is 119 Å². The Bertz CT molecular complexity index is 566. The molecule has 2 fully saturated rings. The van der Waals surface area contributed by atoms with Gasteiger partial charge in [-0.3, -0.25) is 0 Å². The van der Waals surface area contributed by atoms with E-state index >= 15 is 0 Å². The van der Waals surface area contributed by atoms with Gasteiger partial charge in [0.05, 0.1) is 0 Å². The molecule has 0 radical (unpaired) electrons. The highest BCUT2D eigenvalue weighted by Gasteiger charge is 2.53. The minimum absolute atomic E-state index is 0.362. The second kappa shape index (κ2) is 3.91. The molecule has 2 aliphatic carbocycles. The van der Waals surface area contributed by atoms with Crippen molar-refractivity contribution >= 4 is 0 Å². The molecule has 106 valence electrons. The van der Waals surface area contributed by atoms with Gasteiger partial charge in [-0.05, 0) is 49.8 Å². The van der Waals surface area contributed by atoms with Gasteiger partial charge in [-0.15, -0.1) is 0 Å². The maximum atomic E-state index is 5.89. The molecule has 0 amide bonds. The van der Waals surface area contributed by atoms with Crippen LogP contribution in [0.1, 0.15) is 43.2 Å². The van der Waals surface area contributed by atoms with E-state index in [9.17, 15) is 0 Å². The minimum atomic E-state index is 0.362. The fourth-order valence-corrected chi connectivity index (χ4v) is 5.40. The van der Waals surface area contributed by atoms with Crippen LogP contribution in [0.15, 0.2) is 12.1 Å². The first kappa shape index (κ1) is 11.4. The lowest BCUT2D eigenvalue weighted by Crippen LogP contribution is -2.59. The zero-order chi connectivity index (χ0) is 13.2. The number of piperidine rings is 1. The summed E-state index contributed by atoms with van der Waals surface area (Å²) in [6.07, 6.45) is 7.91. The normalized spacial score (nSPS) is 37.2. The minimum Gasteiger partial charge on any atom is -0.454 e. The fraction of sp³-hybridized carbons (Fsp3) is 0.647. The van der Waals surface area contributed by atoms with Crippen LogP contribution in [0.25, 0.3) is 0 Å². The summed E-state index contributed by atoms with van der Waals surface area (Å²) in [6, 6.07) is 5.07. The van der Waals surface area contributed by atoms with Gasteiger partial charge >= 0.3 is 0 Å². The van der Waals surface area contributed by atoms with E-state index in [1.54, 1.807) is 0 Å². The molecule has 2 bridgehead atoms. The van der Waals surface area contributed by atoms with Crippen molar-refractivity contribution in [1.29, 1.82) is 0 Å². The maximum Gasteiger partial charge on any atom is 0.231 e. The molecule has 0 unspecified atom stereocenters. The summed E-state index contributed by atoms with van der Waals surface area (Å²) in [5.74, 6) is 2.85. The Hall–Kier alpha value is -1.22. The lowest BCUT2D eigenvalue weighted by molar-refractivity contribution is 0.0761. The third-order valence-corrected chi connectivity index (χ3v) is 6.12. The van der Waals surface area contributed by atoms with E-state index in [2.05, 4.69) is 17.4 Å². The van der Waals surface area contributed by atoms with E-state index in [1.165, 1.54) is 49.7 Å². The smallest absolute Gasteiger partial charge is 0.231 e. The number of hydrogen-bond acceptors (Lipinski definition) is 3. The molecule has 1 N–H and O–H groups in total. The summed E-state index contributed by atoms with van der Waals surface area (Å²) in [6.45, 7) is 1.55. The molecule has 2 aliphatic heterocycles. The predicted octanol–water partition coefficient (Wildman–Crippen LogP) is 2.76. The molecule has 1 aromatic rings. The van der Waals surface area contributed by atoms with Crippen LogP contribution < -0.4 is 14.8 Å². The van der Waals surface area contributed by atoms with E-state index in [1.807, 2.05) is 0 Å². The van der Waals surface area contributed by atoms with Crippen molar-refractivity contribution in [2.45, 2.75) is 50.0 Å². The van der Waals surface area contributed by atoms with Gasteiger partial charge in [0.15, 0.2) is 11.5 Å². The zero-order valence-electron chi connectivity index (χ0n) is 11.8. The van der Waals surface area contributed by atoms with Crippen LogP contribution in [0.4, 0.5) is 0 Å². The predicted molar refractivity (Wildman–Crippen MR) is 76.3 cm³/mol. The summed E-state index contributed by atoms with van der Waals surface area (Å²) in [5.41, 5.74) is 3.39. The Morgan fingerprint density at radius 1 is 1.15 bits per heavy atom. The monoisotopic (exact) mass is 271 g/mol. The van der Waals surface area contributed by atoms with Crippen molar-refractivity contribution < 1.29 is 9.47 Å². The van der Waals surface area contributed by atoms with E-state index in [-0.39, 0.29) is 0 Å². The number of benzene rings is 1. The summed E-state index contributed by atoms with van der Waals surface area (Å²) in [7, 11) is 0. The number of hydrogen-bond donors (Lipinski definition) is 1. The third-order valence-electron chi connectivity index (χ3n) is 6.12. The van der Waals surface area contributed by atoms with E-state index in [0.717, 1.165) is 24.0 Å². The molecule has 1 saturated carbocycles. The van der Waals surface area contributed by atoms with E-state index in [4.69, 9.17) is 9.47 Å².